The van der Waals surface area contributed by atoms with Crippen molar-refractivity contribution in [3.8, 4) is 0 Å². The molecule has 2 rings (SSSR count). The Kier molecular flexibility index (Phi) is 4.69. The first kappa shape index (κ1) is 14.5. The van der Waals surface area contributed by atoms with Crippen LogP contribution in [-0.2, 0) is 26.0 Å². The van der Waals surface area contributed by atoms with Gasteiger partial charge in [-0.2, -0.15) is 0 Å². The maximum Gasteiger partial charge on any atom is 0.111 e. The van der Waals surface area contributed by atoms with Crippen LogP contribution in [0.5, 0.6) is 0 Å². The van der Waals surface area contributed by atoms with E-state index in [1.54, 1.807) is 0 Å². The third-order valence-electron chi connectivity index (χ3n) is 3.26. The zero-order valence-corrected chi connectivity index (χ0v) is 12.1. The monoisotopic (exact) mass is 271 g/mol. The van der Waals surface area contributed by atoms with Crippen LogP contribution in [0.15, 0.2) is 36.4 Å². The van der Waals surface area contributed by atoms with Crippen LogP contribution in [0.2, 0.25) is 0 Å². The smallest absolute Gasteiger partial charge is 0.111 e. The predicted octanol–water partition coefficient (Wildman–Crippen LogP) is 2.44. The molecule has 4 nitrogen and oxygen atoms in total. The number of hydrogen-bond donors (Lipinski definition) is 1. The number of aromatic nitrogens is 3. The highest BCUT2D eigenvalue weighted by Crippen LogP contribution is 2.13. The van der Waals surface area contributed by atoms with E-state index in [1.807, 2.05) is 11.6 Å². The highest BCUT2D eigenvalue weighted by atomic mass is 16.3. The summed E-state index contributed by atoms with van der Waals surface area (Å²) in [4.78, 5) is 0. The molecule has 0 atom stereocenters. The minimum Gasteiger partial charge on any atom is -0.390 e. The van der Waals surface area contributed by atoms with Crippen molar-refractivity contribution in [2.75, 3.05) is 0 Å². The number of hydrogen-bond acceptors (Lipinski definition) is 3. The highest BCUT2D eigenvalue weighted by molar-refractivity contribution is 5.23. The fourth-order valence-electron chi connectivity index (χ4n) is 2.17. The van der Waals surface area contributed by atoms with Gasteiger partial charge < -0.3 is 5.11 Å². The summed E-state index contributed by atoms with van der Waals surface area (Å²) in [6.07, 6.45) is 1.73. The fourth-order valence-corrected chi connectivity index (χ4v) is 2.17. The third kappa shape index (κ3) is 3.54. The number of benzene rings is 1. The molecule has 0 unspecified atom stereocenters. The lowest BCUT2D eigenvalue weighted by atomic mass is 10.1. The first-order valence-corrected chi connectivity index (χ1v) is 6.82. The van der Waals surface area contributed by atoms with E-state index in [2.05, 4.69) is 48.1 Å². The van der Waals surface area contributed by atoms with E-state index >= 15 is 0 Å². The molecule has 1 heterocycles. The first-order chi connectivity index (χ1) is 9.60. The van der Waals surface area contributed by atoms with Gasteiger partial charge >= 0.3 is 0 Å². The molecule has 0 fully saturated rings. The van der Waals surface area contributed by atoms with Crippen LogP contribution in [0, 0.1) is 6.92 Å². The molecular weight excluding hydrogens is 250 g/mol. The summed E-state index contributed by atoms with van der Waals surface area (Å²) in [5.74, 6) is 0. The zero-order valence-electron chi connectivity index (χ0n) is 12.1. The highest BCUT2D eigenvalue weighted by Gasteiger charge is 2.12. The number of allylic oxidation sites excluding steroid dienone is 1. The number of aliphatic hydroxyl groups excluding tert-OH is 1. The van der Waals surface area contributed by atoms with Gasteiger partial charge in [-0.05, 0) is 32.3 Å². The van der Waals surface area contributed by atoms with Crippen molar-refractivity contribution in [2.24, 2.45) is 0 Å². The van der Waals surface area contributed by atoms with Crippen LogP contribution in [0.3, 0.4) is 0 Å². The van der Waals surface area contributed by atoms with Gasteiger partial charge in [0.25, 0.3) is 0 Å². The average Bonchev–Trinajstić information content (AvgIpc) is 2.79. The Hall–Kier alpha value is -1.94. The van der Waals surface area contributed by atoms with Gasteiger partial charge in [0, 0.05) is 0 Å². The van der Waals surface area contributed by atoms with Crippen LogP contribution in [0.1, 0.15) is 29.4 Å². The van der Waals surface area contributed by atoms with Crippen molar-refractivity contribution in [3.05, 3.63) is 58.9 Å². The molecule has 0 saturated carbocycles. The molecule has 0 aliphatic heterocycles. The van der Waals surface area contributed by atoms with Crippen LogP contribution < -0.4 is 0 Å². The predicted molar refractivity (Wildman–Crippen MR) is 79.3 cm³/mol. The van der Waals surface area contributed by atoms with Crippen molar-refractivity contribution in [2.45, 2.75) is 39.8 Å². The second-order valence-electron chi connectivity index (χ2n) is 5.24. The Morgan fingerprint density at radius 1 is 1.25 bits per heavy atom. The lowest BCUT2D eigenvalue weighted by molar-refractivity contribution is 0.275. The summed E-state index contributed by atoms with van der Waals surface area (Å²) in [5, 5.41) is 17.5. The van der Waals surface area contributed by atoms with Crippen LogP contribution in [-0.4, -0.2) is 20.1 Å². The minimum atomic E-state index is -0.0700. The zero-order chi connectivity index (χ0) is 14.5. The largest absolute Gasteiger partial charge is 0.390 e. The molecule has 1 N–H and O–H groups in total. The summed E-state index contributed by atoms with van der Waals surface area (Å²) in [6.45, 7) is 8.53. The van der Waals surface area contributed by atoms with E-state index < -0.39 is 0 Å². The molecule has 0 aliphatic rings. The second-order valence-corrected chi connectivity index (χ2v) is 5.24. The summed E-state index contributed by atoms with van der Waals surface area (Å²) in [7, 11) is 0. The molecule has 0 amide bonds. The minimum absolute atomic E-state index is 0.0700. The average molecular weight is 271 g/mol. The van der Waals surface area contributed by atoms with Crippen molar-refractivity contribution in [1.82, 2.24) is 15.0 Å². The Bertz CT molecular complexity index is 584. The summed E-state index contributed by atoms with van der Waals surface area (Å²) in [5.41, 5.74) is 5.23. The Morgan fingerprint density at radius 3 is 2.55 bits per heavy atom. The van der Waals surface area contributed by atoms with Gasteiger partial charge in [0.15, 0.2) is 0 Å². The molecule has 0 aliphatic carbocycles. The van der Waals surface area contributed by atoms with Crippen molar-refractivity contribution in [3.63, 3.8) is 0 Å². The summed E-state index contributed by atoms with van der Waals surface area (Å²) >= 11 is 0. The van der Waals surface area contributed by atoms with Gasteiger partial charge in [-0.15, -0.1) is 5.10 Å². The third-order valence-corrected chi connectivity index (χ3v) is 3.26. The van der Waals surface area contributed by atoms with Gasteiger partial charge in [0.2, 0.25) is 0 Å². The molecule has 106 valence electrons. The Labute approximate surface area is 119 Å². The van der Waals surface area contributed by atoms with Crippen LogP contribution in [0.25, 0.3) is 0 Å². The SMILES string of the molecule is C=C(C)Cn1nnc(CO)c1CCc1ccc(C)cc1. The molecule has 0 radical (unpaired) electrons. The molecule has 20 heavy (non-hydrogen) atoms. The number of aryl methyl sites for hydroxylation is 2. The maximum absolute atomic E-state index is 9.36. The maximum atomic E-state index is 9.36. The van der Waals surface area contributed by atoms with Crippen LogP contribution in [0.4, 0.5) is 0 Å². The van der Waals surface area contributed by atoms with E-state index in [0.717, 1.165) is 24.1 Å². The van der Waals surface area contributed by atoms with E-state index in [9.17, 15) is 5.11 Å². The van der Waals surface area contributed by atoms with E-state index in [1.165, 1.54) is 11.1 Å². The quantitative estimate of drug-likeness (QED) is 0.821. The lowest BCUT2D eigenvalue weighted by Crippen LogP contribution is -2.08. The van der Waals surface area contributed by atoms with Crippen LogP contribution >= 0.6 is 0 Å². The summed E-state index contributed by atoms with van der Waals surface area (Å²) in [6, 6.07) is 8.51. The number of rotatable bonds is 6. The van der Waals surface area contributed by atoms with E-state index in [4.69, 9.17) is 0 Å². The molecule has 0 spiro atoms. The molecule has 2 aromatic rings. The van der Waals surface area contributed by atoms with Gasteiger partial charge in [-0.3, -0.25) is 0 Å². The summed E-state index contributed by atoms with van der Waals surface area (Å²) < 4.78 is 1.84. The molecule has 1 aromatic carbocycles. The van der Waals surface area contributed by atoms with E-state index in [0.29, 0.717) is 12.2 Å². The molecule has 0 bridgehead atoms. The molecule has 4 heteroatoms. The molecular formula is C16H21N3O. The van der Waals surface area contributed by atoms with Gasteiger partial charge in [0.1, 0.15) is 5.69 Å². The lowest BCUT2D eigenvalue weighted by Gasteiger charge is -2.08. The topological polar surface area (TPSA) is 50.9 Å². The number of nitrogens with zero attached hydrogens (tertiary/aromatic N) is 3. The molecule has 1 aromatic heterocycles. The van der Waals surface area contributed by atoms with Crippen molar-refractivity contribution >= 4 is 0 Å². The van der Waals surface area contributed by atoms with Gasteiger partial charge in [-0.1, -0.05) is 47.2 Å². The molecule has 0 saturated heterocycles. The number of aliphatic hydroxyl groups is 1. The van der Waals surface area contributed by atoms with Crippen molar-refractivity contribution < 1.29 is 5.11 Å². The normalized spacial score (nSPS) is 10.8. The van der Waals surface area contributed by atoms with Crippen molar-refractivity contribution in [1.29, 1.82) is 0 Å². The van der Waals surface area contributed by atoms with E-state index in [-0.39, 0.29) is 6.61 Å². The Morgan fingerprint density at radius 2 is 1.95 bits per heavy atom. The van der Waals surface area contributed by atoms with Gasteiger partial charge in [-0.25, -0.2) is 4.68 Å². The van der Waals surface area contributed by atoms with Gasteiger partial charge in [0.05, 0.1) is 18.8 Å². The standard InChI is InChI=1S/C16H21N3O/c1-12(2)10-19-16(15(11-20)17-18-19)9-8-14-6-4-13(3)5-7-14/h4-7,20H,1,8-11H2,2-3H3. The fraction of sp³-hybridized carbons (Fsp3) is 0.375. The Balaban J connectivity index is 2.12. The second kappa shape index (κ2) is 6.48. The first-order valence-electron chi connectivity index (χ1n) is 6.82.